The third-order valence-electron chi connectivity index (χ3n) is 3.64. The third-order valence-corrected chi connectivity index (χ3v) is 7.06. The Morgan fingerprint density at radius 3 is 2.46 bits per heavy atom. The molecule has 24 heavy (non-hydrogen) atoms. The van der Waals surface area contributed by atoms with Crippen LogP contribution in [0.4, 0.5) is 5.69 Å². The predicted molar refractivity (Wildman–Crippen MR) is 89.0 cm³/mol. The van der Waals surface area contributed by atoms with E-state index in [0.717, 1.165) is 10.4 Å². The molecule has 0 aliphatic carbocycles. The highest BCUT2D eigenvalue weighted by atomic mass is 35.5. The molecule has 1 aromatic rings. The van der Waals surface area contributed by atoms with Gasteiger partial charge in [0.1, 0.15) is 11.5 Å². The first kappa shape index (κ1) is 19.1. The average Bonchev–Trinajstić information content (AvgIpc) is 2.75. The van der Waals surface area contributed by atoms with Gasteiger partial charge in [-0.2, -0.15) is 0 Å². The van der Waals surface area contributed by atoms with E-state index < -0.39 is 31.4 Å². The minimum absolute atomic E-state index is 0.00309. The summed E-state index contributed by atoms with van der Waals surface area (Å²) in [6.07, 6.45) is 0.00309. The summed E-state index contributed by atoms with van der Waals surface area (Å²) >= 11 is 5.79. The van der Waals surface area contributed by atoms with Gasteiger partial charge in [0, 0.05) is 13.5 Å². The molecule has 2 N–H and O–H groups in total. The van der Waals surface area contributed by atoms with E-state index in [1.165, 1.54) is 19.2 Å². The number of hydrogen-bond donors (Lipinski definition) is 1. The molecule has 1 fully saturated rings. The number of nitrogens with two attached hydrogens (primary N) is 1. The number of ketones is 1. The average molecular weight is 397 g/mol. The predicted octanol–water partition coefficient (Wildman–Crippen LogP) is 0.502. The number of hydrogen-bond acceptors (Lipinski definition) is 6. The highest BCUT2D eigenvalue weighted by molar-refractivity contribution is 7.92. The SMILES string of the molecule is CN(c1ccc(Cl)c(S(N)(=O)=O)c1)S(=O)(=O)CC1(C)CC(=O)CO1. The Morgan fingerprint density at radius 2 is 1.96 bits per heavy atom. The molecule has 1 aliphatic heterocycles. The summed E-state index contributed by atoms with van der Waals surface area (Å²) < 4.78 is 54.3. The van der Waals surface area contributed by atoms with Gasteiger partial charge >= 0.3 is 0 Å². The molecule has 0 amide bonds. The van der Waals surface area contributed by atoms with Crippen molar-refractivity contribution >= 4 is 43.1 Å². The van der Waals surface area contributed by atoms with Crippen molar-refractivity contribution in [2.75, 3.05) is 23.7 Å². The van der Waals surface area contributed by atoms with Gasteiger partial charge in [-0.05, 0) is 25.1 Å². The van der Waals surface area contributed by atoms with Crippen molar-refractivity contribution in [2.24, 2.45) is 5.14 Å². The molecular weight excluding hydrogens is 380 g/mol. The van der Waals surface area contributed by atoms with Gasteiger partial charge in [-0.25, -0.2) is 22.0 Å². The number of anilines is 1. The Hall–Kier alpha value is -1.20. The molecule has 0 saturated carbocycles. The lowest BCUT2D eigenvalue weighted by Gasteiger charge is -2.27. The molecule has 11 heteroatoms. The number of ether oxygens (including phenoxy) is 1. The van der Waals surface area contributed by atoms with Crippen LogP contribution in [0.3, 0.4) is 0 Å². The lowest BCUT2D eigenvalue weighted by molar-refractivity contribution is -0.117. The van der Waals surface area contributed by atoms with E-state index in [-0.39, 0.29) is 34.4 Å². The van der Waals surface area contributed by atoms with Gasteiger partial charge < -0.3 is 4.74 Å². The molecule has 134 valence electrons. The van der Waals surface area contributed by atoms with Gasteiger partial charge in [-0.3, -0.25) is 9.10 Å². The van der Waals surface area contributed by atoms with E-state index in [4.69, 9.17) is 21.5 Å². The maximum atomic E-state index is 12.6. The summed E-state index contributed by atoms with van der Waals surface area (Å²) in [5, 5.41) is 4.96. The maximum absolute atomic E-state index is 12.6. The van der Waals surface area contributed by atoms with Crippen molar-refractivity contribution in [1.82, 2.24) is 0 Å². The van der Waals surface area contributed by atoms with E-state index in [2.05, 4.69) is 0 Å². The van der Waals surface area contributed by atoms with E-state index in [9.17, 15) is 21.6 Å². The monoisotopic (exact) mass is 396 g/mol. The Kier molecular flexibility index (Phi) is 4.99. The van der Waals surface area contributed by atoms with Crippen LogP contribution >= 0.6 is 11.6 Å². The van der Waals surface area contributed by atoms with Crippen molar-refractivity contribution in [3.05, 3.63) is 23.2 Å². The minimum Gasteiger partial charge on any atom is -0.366 e. The summed E-state index contributed by atoms with van der Waals surface area (Å²) in [7, 11) is -6.71. The number of nitrogens with zero attached hydrogens (tertiary/aromatic N) is 1. The number of rotatable bonds is 5. The number of primary sulfonamides is 1. The molecule has 0 bridgehead atoms. The molecule has 8 nitrogen and oxygen atoms in total. The van der Waals surface area contributed by atoms with Crippen LogP contribution in [-0.2, 0) is 29.6 Å². The van der Waals surface area contributed by atoms with Gasteiger partial charge in [0.15, 0.2) is 5.78 Å². The zero-order valence-electron chi connectivity index (χ0n) is 13.0. The van der Waals surface area contributed by atoms with E-state index in [1.54, 1.807) is 6.92 Å². The fourth-order valence-electron chi connectivity index (χ4n) is 2.42. The Bertz CT molecular complexity index is 884. The second-order valence-electron chi connectivity index (χ2n) is 5.84. The lowest BCUT2D eigenvalue weighted by Crippen LogP contribution is -2.40. The summed E-state index contributed by atoms with van der Waals surface area (Å²) in [6, 6.07) is 3.69. The second-order valence-corrected chi connectivity index (χ2v) is 9.77. The van der Waals surface area contributed by atoms with Gasteiger partial charge in [0.05, 0.1) is 22.1 Å². The molecule has 0 spiro atoms. The highest BCUT2D eigenvalue weighted by Crippen LogP contribution is 2.30. The molecule has 1 saturated heterocycles. The summed E-state index contributed by atoms with van der Waals surface area (Å²) in [4.78, 5) is 11.0. The van der Waals surface area contributed by atoms with Crippen molar-refractivity contribution in [1.29, 1.82) is 0 Å². The number of benzene rings is 1. The zero-order chi connectivity index (χ0) is 18.3. The van der Waals surface area contributed by atoms with Crippen LogP contribution in [0.15, 0.2) is 23.1 Å². The molecule has 0 aromatic heterocycles. The van der Waals surface area contributed by atoms with Gasteiger partial charge in [-0.1, -0.05) is 11.6 Å². The number of carbonyl (C=O) groups is 1. The first-order chi connectivity index (χ1) is 10.8. The Labute approximate surface area is 145 Å². The van der Waals surface area contributed by atoms with Crippen molar-refractivity contribution < 1.29 is 26.4 Å². The molecule has 1 aromatic carbocycles. The van der Waals surface area contributed by atoms with Crippen LogP contribution < -0.4 is 9.44 Å². The topological polar surface area (TPSA) is 124 Å². The second kappa shape index (κ2) is 6.26. The van der Waals surface area contributed by atoms with E-state index in [0.29, 0.717) is 0 Å². The van der Waals surface area contributed by atoms with Gasteiger partial charge in [0.2, 0.25) is 20.0 Å². The van der Waals surface area contributed by atoms with Gasteiger partial charge in [0.25, 0.3) is 0 Å². The molecule has 1 atom stereocenters. The molecule has 0 radical (unpaired) electrons. The first-order valence-electron chi connectivity index (χ1n) is 6.79. The van der Waals surface area contributed by atoms with Crippen LogP contribution in [0.2, 0.25) is 5.02 Å². The lowest BCUT2D eigenvalue weighted by atomic mass is 10.1. The van der Waals surface area contributed by atoms with Crippen LogP contribution in [0.1, 0.15) is 13.3 Å². The fraction of sp³-hybridized carbons (Fsp3) is 0.462. The minimum atomic E-state index is -4.10. The summed E-state index contributed by atoms with van der Waals surface area (Å²) in [5.41, 5.74) is -1.03. The largest absolute Gasteiger partial charge is 0.366 e. The zero-order valence-corrected chi connectivity index (χ0v) is 15.4. The number of halogens is 1. The fourth-order valence-corrected chi connectivity index (χ4v) is 5.07. The normalized spacial score (nSPS) is 21.9. The molecule has 2 rings (SSSR count). The van der Waals surface area contributed by atoms with Crippen molar-refractivity contribution in [2.45, 2.75) is 23.8 Å². The van der Waals surface area contributed by atoms with Crippen molar-refractivity contribution in [3.8, 4) is 0 Å². The third kappa shape index (κ3) is 4.06. The van der Waals surface area contributed by atoms with Crippen LogP contribution in [0.25, 0.3) is 0 Å². The summed E-state index contributed by atoms with van der Waals surface area (Å²) in [6.45, 7) is 1.42. The van der Waals surface area contributed by atoms with Crippen molar-refractivity contribution in [3.63, 3.8) is 0 Å². The number of carbonyl (C=O) groups excluding carboxylic acids is 1. The molecule has 1 aliphatic rings. The Morgan fingerprint density at radius 1 is 1.33 bits per heavy atom. The van der Waals surface area contributed by atoms with E-state index >= 15 is 0 Å². The standard InChI is InChI=1S/C13H17ClN2O6S2/c1-13(6-10(17)7-22-13)8-23(18,19)16(2)9-3-4-11(14)12(5-9)24(15,20)21/h3-5H,6-8H2,1-2H3,(H2,15,20,21). The van der Waals surface area contributed by atoms with Crippen LogP contribution in [-0.4, -0.2) is 47.6 Å². The molecular formula is C13H17ClN2O6S2. The smallest absolute Gasteiger partial charge is 0.239 e. The van der Waals surface area contributed by atoms with Gasteiger partial charge in [-0.15, -0.1) is 0 Å². The first-order valence-corrected chi connectivity index (χ1v) is 10.3. The highest BCUT2D eigenvalue weighted by Gasteiger charge is 2.40. The van der Waals surface area contributed by atoms with Crippen LogP contribution in [0.5, 0.6) is 0 Å². The number of Topliss-reactive ketones (excluding diaryl/α,β-unsaturated/α-hetero) is 1. The Balaban J connectivity index is 2.34. The van der Waals surface area contributed by atoms with Crippen LogP contribution in [0, 0.1) is 0 Å². The maximum Gasteiger partial charge on any atom is 0.239 e. The van der Waals surface area contributed by atoms with E-state index in [1.807, 2.05) is 0 Å². The molecule has 1 unspecified atom stereocenters. The number of sulfonamides is 2. The quantitative estimate of drug-likeness (QED) is 0.772. The molecule has 1 heterocycles. The summed E-state index contributed by atoms with van der Waals surface area (Å²) in [5.74, 6) is -0.589.